The number of aliphatic hydroxyl groups excluding tert-OH is 1. The lowest BCUT2D eigenvalue weighted by atomic mass is 9.83. The zero-order valence-electron chi connectivity index (χ0n) is 27.0. The van der Waals surface area contributed by atoms with Gasteiger partial charge < -0.3 is 24.2 Å². The van der Waals surface area contributed by atoms with Crippen LogP contribution in [0.15, 0.2) is 30.3 Å². The van der Waals surface area contributed by atoms with Gasteiger partial charge in [-0.2, -0.15) is 9.97 Å². The fraction of sp³-hybridized carbons (Fsp3) is 0.606. The zero-order valence-corrected chi connectivity index (χ0v) is 27.0. The molecule has 1 saturated carbocycles. The number of likely N-dealkylation sites (tertiary alicyclic amines) is 1. The maximum atomic E-state index is 14.2. The lowest BCUT2D eigenvalue weighted by molar-refractivity contribution is -0.124. The second-order valence-electron chi connectivity index (χ2n) is 13.5. The lowest BCUT2D eigenvalue weighted by Crippen LogP contribution is -2.44. The molecule has 0 bridgehead atoms. The summed E-state index contributed by atoms with van der Waals surface area (Å²) in [5.74, 6) is 0.515. The van der Waals surface area contributed by atoms with Gasteiger partial charge in [0, 0.05) is 32.0 Å². The number of alkyl halides is 2. The van der Waals surface area contributed by atoms with Gasteiger partial charge in [-0.25, -0.2) is 18.6 Å². The number of carbonyl (C=O) groups is 2. The monoisotopic (exact) mass is 656 g/mol. The number of carbonyl (C=O) groups excluding carboxylic acids is 2. The van der Waals surface area contributed by atoms with Crippen molar-refractivity contribution in [1.82, 2.24) is 24.4 Å². The average Bonchev–Trinajstić information content (AvgIpc) is 3.63. The standard InChI is InChI=1S/C33H42F2N6O6/c1-33(2,3)47-32(44)40-19-21(42)17-25(40)26(43)16-20-8-10-22(11-9-20)46-28-18-27(37-31(38-28)39-12-14-45-15-13-39)41-24-7-5-4-6-23(24)36-30(41)29(34)35/h4-7,18,20-22,25,29,42H,8-17,19H2,1-3H3/t20?,21-,22?,25+/m1/s1. The largest absolute Gasteiger partial charge is 0.474 e. The number of hydrogen-bond acceptors (Lipinski definition) is 10. The first-order valence-electron chi connectivity index (χ1n) is 16.3. The predicted molar refractivity (Wildman–Crippen MR) is 168 cm³/mol. The van der Waals surface area contributed by atoms with Crippen molar-refractivity contribution in [3.63, 3.8) is 0 Å². The van der Waals surface area contributed by atoms with E-state index in [1.54, 1.807) is 51.1 Å². The Hall–Kier alpha value is -3.91. The third kappa shape index (κ3) is 7.64. The quantitative estimate of drug-likeness (QED) is 0.359. The molecule has 2 aliphatic heterocycles. The highest BCUT2D eigenvalue weighted by Gasteiger charge is 2.41. The summed E-state index contributed by atoms with van der Waals surface area (Å²) in [6.07, 6.45) is -1.07. The van der Waals surface area contributed by atoms with Gasteiger partial charge in [-0.15, -0.1) is 0 Å². The van der Waals surface area contributed by atoms with Crippen LogP contribution >= 0.6 is 0 Å². The van der Waals surface area contributed by atoms with Crippen LogP contribution in [0.5, 0.6) is 5.88 Å². The number of rotatable bonds is 8. The third-order valence-electron chi connectivity index (χ3n) is 8.83. The molecule has 6 rings (SSSR count). The minimum absolute atomic E-state index is 0.0743. The number of aliphatic hydroxyl groups is 1. The van der Waals surface area contributed by atoms with Gasteiger partial charge in [0.05, 0.1) is 42.9 Å². The maximum absolute atomic E-state index is 14.2. The van der Waals surface area contributed by atoms with Gasteiger partial charge in [-0.3, -0.25) is 14.3 Å². The number of anilines is 1. The summed E-state index contributed by atoms with van der Waals surface area (Å²) < 4.78 is 47.1. The Kier molecular flexibility index (Phi) is 9.60. The van der Waals surface area contributed by atoms with Crippen molar-refractivity contribution < 1.29 is 37.7 Å². The van der Waals surface area contributed by atoms with Crippen molar-refractivity contribution in [3.8, 4) is 11.7 Å². The number of β-amino-alcohol motifs (C(OH)–C–C–N with tert-alkyl or cyclic N) is 1. The molecule has 3 aliphatic rings. The smallest absolute Gasteiger partial charge is 0.410 e. The molecule has 3 aromatic rings. The summed E-state index contributed by atoms with van der Waals surface area (Å²) in [6, 6.07) is 7.81. The molecule has 14 heteroatoms. The van der Waals surface area contributed by atoms with E-state index in [9.17, 15) is 23.5 Å². The van der Waals surface area contributed by atoms with Crippen LogP contribution in [0.1, 0.15) is 71.5 Å². The average molecular weight is 657 g/mol. The van der Waals surface area contributed by atoms with Crippen LogP contribution < -0.4 is 9.64 Å². The summed E-state index contributed by atoms with van der Waals surface area (Å²) >= 11 is 0. The van der Waals surface area contributed by atoms with Gasteiger partial charge in [-0.05, 0) is 64.5 Å². The van der Waals surface area contributed by atoms with Gasteiger partial charge in [-0.1, -0.05) is 12.1 Å². The van der Waals surface area contributed by atoms with E-state index in [4.69, 9.17) is 14.2 Å². The van der Waals surface area contributed by atoms with Crippen LogP contribution in [0.25, 0.3) is 16.9 Å². The minimum atomic E-state index is -2.82. The van der Waals surface area contributed by atoms with Crippen molar-refractivity contribution in [2.24, 2.45) is 5.92 Å². The first kappa shape index (κ1) is 33.0. The molecule has 2 atom stereocenters. The summed E-state index contributed by atoms with van der Waals surface area (Å²) in [6.45, 7) is 7.47. The Morgan fingerprint density at radius 3 is 2.49 bits per heavy atom. The lowest BCUT2D eigenvalue weighted by Gasteiger charge is -2.31. The number of benzene rings is 1. The highest BCUT2D eigenvalue weighted by molar-refractivity contribution is 5.88. The van der Waals surface area contributed by atoms with Crippen molar-refractivity contribution >= 4 is 28.9 Å². The van der Waals surface area contributed by atoms with E-state index in [2.05, 4.69) is 15.0 Å². The summed E-state index contributed by atoms with van der Waals surface area (Å²) in [4.78, 5) is 42.9. The molecule has 12 nitrogen and oxygen atoms in total. The second kappa shape index (κ2) is 13.7. The Labute approximate surface area is 272 Å². The molecule has 1 aromatic carbocycles. The van der Waals surface area contributed by atoms with E-state index < -0.39 is 36.1 Å². The molecule has 0 unspecified atom stereocenters. The Balaban J connectivity index is 1.15. The number of halogens is 2. The van der Waals surface area contributed by atoms with E-state index in [0.717, 1.165) is 12.8 Å². The number of aromatic nitrogens is 4. The van der Waals surface area contributed by atoms with E-state index in [1.165, 1.54) is 9.47 Å². The molecule has 254 valence electrons. The van der Waals surface area contributed by atoms with Crippen molar-refractivity contribution in [3.05, 3.63) is 36.2 Å². The molecule has 3 fully saturated rings. The molecule has 0 spiro atoms. The number of hydrogen-bond donors (Lipinski definition) is 1. The van der Waals surface area contributed by atoms with E-state index in [0.29, 0.717) is 62.5 Å². The van der Waals surface area contributed by atoms with Gasteiger partial charge in [0.15, 0.2) is 11.6 Å². The van der Waals surface area contributed by atoms with E-state index in [-0.39, 0.29) is 42.5 Å². The number of imidazole rings is 1. The van der Waals surface area contributed by atoms with Crippen LogP contribution in [0.3, 0.4) is 0 Å². The van der Waals surface area contributed by atoms with Crippen LogP contribution in [-0.4, -0.2) is 98.1 Å². The SMILES string of the molecule is CC(C)(C)OC(=O)N1C[C@H](O)C[C@H]1C(=O)CC1CCC(Oc2cc(-n3c(C(F)F)nc4ccccc43)nc(N3CCOCC3)n2)CC1. The Morgan fingerprint density at radius 2 is 1.79 bits per heavy atom. The molecule has 2 saturated heterocycles. The minimum Gasteiger partial charge on any atom is -0.474 e. The second-order valence-corrected chi connectivity index (χ2v) is 13.5. The van der Waals surface area contributed by atoms with Crippen molar-refractivity contribution in [1.29, 1.82) is 0 Å². The Bertz CT molecular complexity index is 1580. The molecule has 0 radical (unpaired) electrons. The number of morpholine rings is 1. The van der Waals surface area contributed by atoms with Gasteiger partial charge in [0.25, 0.3) is 6.43 Å². The third-order valence-corrected chi connectivity index (χ3v) is 8.83. The van der Waals surface area contributed by atoms with Crippen LogP contribution in [0, 0.1) is 5.92 Å². The van der Waals surface area contributed by atoms with Crippen LogP contribution in [0.4, 0.5) is 19.5 Å². The fourth-order valence-electron chi connectivity index (χ4n) is 6.60. The summed E-state index contributed by atoms with van der Waals surface area (Å²) in [7, 11) is 0. The van der Waals surface area contributed by atoms with Crippen LogP contribution in [-0.2, 0) is 14.3 Å². The number of ketones is 1. The number of Topliss-reactive ketones (excluding diaryl/α,β-unsaturated/α-hetero) is 1. The number of nitrogens with zero attached hydrogens (tertiary/aromatic N) is 6. The highest BCUT2D eigenvalue weighted by Crippen LogP contribution is 2.34. The van der Waals surface area contributed by atoms with Gasteiger partial charge >= 0.3 is 6.09 Å². The molecule has 1 amide bonds. The molecular weight excluding hydrogens is 614 g/mol. The summed E-state index contributed by atoms with van der Waals surface area (Å²) in [5.41, 5.74) is 0.235. The number of fused-ring (bicyclic) bond motifs is 1. The molecule has 47 heavy (non-hydrogen) atoms. The normalized spacial score (nSPS) is 23.8. The molecule has 4 heterocycles. The topological polar surface area (TPSA) is 132 Å². The molecule has 1 aliphatic carbocycles. The van der Waals surface area contributed by atoms with Crippen molar-refractivity contribution in [2.45, 2.75) is 89.6 Å². The van der Waals surface area contributed by atoms with Crippen LogP contribution in [0.2, 0.25) is 0 Å². The zero-order chi connectivity index (χ0) is 33.3. The first-order valence-corrected chi connectivity index (χ1v) is 16.3. The predicted octanol–water partition coefficient (Wildman–Crippen LogP) is 4.86. The van der Waals surface area contributed by atoms with E-state index >= 15 is 0 Å². The fourth-order valence-corrected chi connectivity index (χ4v) is 6.60. The highest BCUT2D eigenvalue weighted by atomic mass is 19.3. The number of ether oxygens (including phenoxy) is 3. The van der Waals surface area contributed by atoms with E-state index in [1.807, 2.05) is 4.90 Å². The maximum Gasteiger partial charge on any atom is 0.410 e. The number of amides is 1. The van der Waals surface area contributed by atoms with Gasteiger partial charge in [0.1, 0.15) is 17.5 Å². The summed E-state index contributed by atoms with van der Waals surface area (Å²) in [5, 5.41) is 10.2. The van der Waals surface area contributed by atoms with Crippen molar-refractivity contribution in [2.75, 3.05) is 37.7 Å². The molecular formula is C33H42F2N6O6. The Morgan fingerprint density at radius 1 is 1.06 bits per heavy atom. The molecule has 1 N–H and O–H groups in total. The van der Waals surface area contributed by atoms with Gasteiger partial charge in [0.2, 0.25) is 11.8 Å². The number of para-hydroxylation sites is 2. The molecule has 2 aromatic heterocycles. The first-order chi connectivity index (χ1) is 22.4.